The van der Waals surface area contributed by atoms with Gasteiger partial charge in [0.25, 0.3) is 0 Å². The highest BCUT2D eigenvalue weighted by molar-refractivity contribution is 5.89. The zero-order valence-electron chi connectivity index (χ0n) is 19.7. The maximum atomic E-state index is 13.2. The summed E-state index contributed by atoms with van der Waals surface area (Å²) < 4.78 is 60.7. The molecular weight excluding hydrogens is 477 g/mol. The summed E-state index contributed by atoms with van der Waals surface area (Å²) in [5, 5.41) is 2.59. The Bertz CT molecular complexity index is 1230. The number of hydrogen-bond donors (Lipinski definition) is 1. The first kappa shape index (κ1) is 25.0. The number of nitrogens with zero attached hydrogens (tertiary/aromatic N) is 1. The second-order valence-corrected chi connectivity index (χ2v) is 8.06. The largest absolute Gasteiger partial charge is 0.493 e. The van der Waals surface area contributed by atoms with Crippen LogP contribution < -0.4 is 24.3 Å². The van der Waals surface area contributed by atoms with Crippen molar-refractivity contribution in [1.29, 1.82) is 0 Å². The van der Waals surface area contributed by atoms with Gasteiger partial charge in [-0.05, 0) is 60.0 Å². The van der Waals surface area contributed by atoms with Crippen LogP contribution in [0.2, 0.25) is 0 Å². The van der Waals surface area contributed by atoms with E-state index in [1.807, 2.05) is 18.2 Å². The predicted octanol–water partition coefficient (Wildman–Crippen LogP) is 5.73. The molecule has 36 heavy (non-hydrogen) atoms. The summed E-state index contributed by atoms with van der Waals surface area (Å²) >= 11 is 0. The standard InChI is InChI=1S/C26H25F3N2O5/c1-33-21-8-6-17(12-23(21)34-2)10-11-31(15-18-7-9-22-24(13-18)36-16-35-22)25(32)30-20-5-3-4-19(14-20)26(27,28)29/h3-9,12-14H,10-11,15-16H2,1-2H3,(H,30,32). The zero-order chi connectivity index (χ0) is 25.7. The van der Waals surface area contributed by atoms with Crippen LogP contribution in [0.3, 0.4) is 0 Å². The summed E-state index contributed by atoms with van der Waals surface area (Å²) in [6.45, 7) is 0.612. The molecule has 0 fully saturated rings. The van der Waals surface area contributed by atoms with Gasteiger partial charge in [-0.3, -0.25) is 0 Å². The van der Waals surface area contributed by atoms with E-state index in [1.54, 1.807) is 25.3 Å². The molecule has 0 radical (unpaired) electrons. The molecule has 3 aromatic carbocycles. The van der Waals surface area contributed by atoms with Crippen molar-refractivity contribution in [2.75, 3.05) is 32.9 Å². The third kappa shape index (κ3) is 5.94. The molecule has 0 saturated carbocycles. The smallest absolute Gasteiger partial charge is 0.416 e. The number of fused-ring (bicyclic) bond motifs is 1. The van der Waals surface area contributed by atoms with E-state index >= 15 is 0 Å². The molecule has 1 N–H and O–H groups in total. The molecule has 0 bridgehead atoms. The normalized spacial score (nSPS) is 12.2. The molecule has 1 aliphatic heterocycles. The van der Waals surface area contributed by atoms with Crippen molar-refractivity contribution >= 4 is 11.7 Å². The number of hydrogen-bond acceptors (Lipinski definition) is 5. The van der Waals surface area contributed by atoms with E-state index in [-0.39, 0.29) is 25.6 Å². The number of halogens is 3. The minimum absolute atomic E-state index is 0.0524. The average Bonchev–Trinajstić information content (AvgIpc) is 3.34. The molecule has 4 rings (SSSR count). The molecule has 0 spiro atoms. The molecule has 3 aromatic rings. The van der Waals surface area contributed by atoms with Crippen LogP contribution >= 0.6 is 0 Å². The van der Waals surface area contributed by atoms with Crippen molar-refractivity contribution in [3.8, 4) is 23.0 Å². The Morgan fingerprint density at radius 3 is 2.44 bits per heavy atom. The quantitative estimate of drug-likeness (QED) is 0.426. The molecule has 0 atom stereocenters. The summed E-state index contributed by atoms with van der Waals surface area (Å²) in [5.74, 6) is 2.33. The number of carbonyl (C=O) groups excluding carboxylic acids is 1. The number of nitrogens with one attached hydrogen (secondary N) is 1. The van der Waals surface area contributed by atoms with E-state index < -0.39 is 17.8 Å². The van der Waals surface area contributed by atoms with E-state index in [2.05, 4.69) is 5.32 Å². The van der Waals surface area contributed by atoms with Gasteiger partial charge in [-0.15, -0.1) is 0 Å². The lowest BCUT2D eigenvalue weighted by atomic mass is 10.1. The van der Waals surface area contributed by atoms with Gasteiger partial charge in [0, 0.05) is 18.8 Å². The molecule has 190 valence electrons. The lowest BCUT2D eigenvalue weighted by Crippen LogP contribution is -2.36. The topological polar surface area (TPSA) is 69.3 Å². The first-order valence-electron chi connectivity index (χ1n) is 11.1. The van der Waals surface area contributed by atoms with Gasteiger partial charge in [0.2, 0.25) is 6.79 Å². The van der Waals surface area contributed by atoms with Crippen molar-refractivity contribution < 1.29 is 36.9 Å². The van der Waals surface area contributed by atoms with Gasteiger partial charge in [0.15, 0.2) is 23.0 Å². The SMILES string of the molecule is COc1ccc(CCN(Cc2ccc3c(c2)OCO3)C(=O)Nc2cccc(C(F)(F)F)c2)cc1OC. The fraction of sp³-hybridized carbons (Fsp3) is 0.269. The van der Waals surface area contributed by atoms with Gasteiger partial charge in [0.1, 0.15) is 0 Å². The maximum absolute atomic E-state index is 13.2. The van der Waals surface area contributed by atoms with Crippen molar-refractivity contribution in [2.24, 2.45) is 0 Å². The first-order valence-corrected chi connectivity index (χ1v) is 11.1. The highest BCUT2D eigenvalue weighted by Gasteiger charge is 2.30. The zero-order valence-corrected chi connectivity index (χ0v) is 19.7. The Hall–Kier alpha value is -4.08. The lowest BCUT2D eigenvalue weighted by Gasteiger charge is -2.24. The molecule has 1 aliphatic rings. The molecule has 10 heteroatoms. The second-order valence-electron chi connectivity index (χ2n) is 8.06. The number of methoxy groups -OCH3 is 2. The van der Waals surface area contributed by atoms with E-state index in [9.17, 15) is 18.0 Å². The Morgan fingerprint density at radius 2 is 1.69 bits per heavy atom. The molecule has 0 unspecified atom stereocenters. The number of alkyl halides is 3. The molecular formula is C26H25F3N2O5. The highest BCUT2D eigenvalue weighted by atomic mass is 19.4. The summed E-state index contributed by atoms with van der Waals surface area (Å²) in [5.41, 5.74) is 0.894. The number of anilines is 1. The van der Waals surface area contributed by atoms with Crippen LogP contribution in [0.25, 0.3) is 0 Å². The number of ether oxygens (including phenoxy) is 4. The Kier molecular flexibility index (Phi) is 7.42. The first-order chi connectivity index (χ1) is 17.3. The lowest BCUT2D eigenvalue weighted by molar-refractivity contribution is -0.137. The summed E-state index contributed by atoms with van der Waals surface area (Å²) in [4.78, 5) is 14.7. The van der Waals surface area contributed by atoms with Crippen LogP contribution in [0.15, 0.2) is 60.7 Å². The van der Waals surface area contributed by atoms with Gasteiger partial charge in [-0.25, -0.2) is 4.79 Å². The summed E-state index contributed by atoms with van der Waals surface area (Å²) in [7, 11) is 3.08. The van der Waals surface area contributed by atoms with E-state index in [0.29, 0.717) is 29.4 Å². The molecule has 7 nitrogen and oxygen atoms in total. The van der Waals surface area contributed by atoms with E-state index in [1.165, 1.54) is 24.1 Å². The van der Waals surface area contributed by atoms with Crippen LogP contribution in [0.4, 0.5) is 23.7 Å². The average molecular weight is 502 g/mol. The minimum Gasteiger partial charge on any atom is -0.493 e. The summed E-state index contributed by atoms with van der Waals surface area (Å²) in [6.07, 6.45) is -4.04. The van der Waals surface area contributed by atoms with Crippen molar-refractivity contribution in [2.45, 2.75) is 19.1 Å². The number of urea groups is 1. The minimum atomic E-state index is -4.51. The van der Waals surface area contributed by atoms with Gasteiger partial charge in [0.05, 0.1) is 19.8 Å². The molecule has 0 aromatic heterocycles. The predicted molar refractivity (Wildman–Crippen MR) is 127 cm³/mol. The van der Waals surface area contributed by atoms with Crippen LogP contribution in [0.5, 0.6) is 23.0 Å². The Labute approximate surface area is 206 Å². The number of carbonyl (C=O) groups is 1. The van der Waals surface area contributed by atoms with Crippen LogP contribution in [0, 0.1) is 0 Å². The van der Waals surface area contributed by atoms with Gasteiger partial charge < -0.3 is 29.2 Å². The highest BCUT2D eigenvalue weighted by Crippen LogP contribution is 2.33. The van der Waals surface area contributed by atoms with Crippen LogP contribution in [-0.4, -0.2) is 38.5 Å². The molecule has 0 aliphatic carbocycles. The fourth-order valence-electron chi connectivity index (χ4n) is 3.79. The maximum Gasteiger partial charge on any atom is 0.416 e. The Balaban J connectivity index is 1.54. The third-order valence-corrected chi connectivity index (χ3v) is 5.66. The van der Waals surface area contributed by atoms with Crippen LogP contribution in [0.1, 0.15) is 16.7 Å². The number of benzene rings is 3. The van der Waals surface area contributed by atoms with Gasteiger partial charge in [-0.1, -0.05) is 18.2 Å². The second kappa shape index (κ2) is 10.7. The van der Waals surface area contributed by atoms with Crippen molar-refractivity contribution in [3.05, 3.63) is 77.4 Å². The number of amides is 2. The molecule has 0 saturated heterocycles. The van der Waals surface area contributed by atoms with E-state index in [0.717, 1.165) is 23.3 Å². The van der Waals surface area contributed by atoms with Crippen molar-refractivity contribution in [3.63, 3.8) is 0 Å². The van der Waals surface area contributed by atoms with Gasteiger partial charge in [-0.2, -0.15) is 13.2 Å². The number of rotatable bonds is 8. The van der Waals surface area contributed by atoms with Crippen LogP contribution in [-0.2, 0) is 19.1 Å². The van der Waals surface area contributed by atoms with Gasteiger partial charge >= 0.3 is 12.2 Å². The monoisotopic (exact) mass is 502 g/mol. The third-order valence-electron chi connectivity index (χ3n) is 5.66. The Morgan fingerprint density at radius 1 is 0.944 bits per heavy atom. The molecule has 2 amide bonds. The molecule has 1 heterocycles. The van der Waals surface area contributed by atoms with Crippen molar-refractivity contribution in [1.82, 2.24) is 4.90 Å². The van der Waals surface area contributed by atoms with E-state index in [4.69, 9.17) is 18.9 Å². The summed E-state index contributed by atoms with van der Waals surface area (Å²) in [6, 6.07) is 14.8. The fourth-order valence-corrected chi connectivity index (χ4v) is 3.79.